The molecule has 1 unspecified atom stereocenters. The quantitative estimate of drug-likeness (QED) is 0.848. The average molecular weight is 372 g/mol. The summed E-state index contributed by atoms with van der Waals surface area (Å²) in [5.74, 6) is 0.691. The van der Waals surface area contributed by atoms with Gasteiger partial charge in [-0.25, -0.2) is 0 Å². The molecule has 0 spiro atoms. The number of piperidine rings is 1. The number of amides is 2. The van der Waals surface area contributed by atoms with E-state index in [0.29, 0.717) is 12.3 Å². The lowest BCUT2D eigenvalue weighted by molar-refractivity contribution is -0.133. The van der Waals surface area contributed by atoms with E-state index in [1.165, 1.54) is 5.56 Å². The van der Waals surface area contributed by atoms with E-state index in [0.717, 1.165) is 38.8 Å². The molecule has 2 aromatic rings. The third-order valence-electron chi connectivity index (χ3n) is 5.39. The number of nitrogens with zero attached hydrogens (tertiary/aromatic N) is 2. The normalized spacial score (nSPS) is 19.3. The molecule has 1 aliphatic heterocycles. The van der Waals surface area contributed by atoms with Crippen LogP contribution >= 0.6 is 11.3 Å². The summed E-state index contributed by atoms with van der Waals surface area (Å²) in [6, 6.07) is 6.28. The van der Waals surface area contributed by atoms with Crippen molar-refractivity contribution in [1.29, 1.82) is 0 Å². The van der Waals surface area contributed by atoms with E-state index in [2.05, 4.69) is 26.7 Å². The summed E-state index contributed by atoms with van der Waals surface area (Å²) in [6.07, 6.45) is 8.28. The molecule has 26 heavy (non-hydrogen) atoms. The van der Waals surface area contributed by atoms with Crippen molar-refractivity contribution in [1.82, 2.24) is 14.8 Å². The second-order valence-electron chi connectivity index (χ2n) is 7.35. The van der Waals surface area contributed by atoms with Crippen LogP contribution in [-0.4, -0.2) is 40.4 Å². The molecule has 0 radical (unpaired) electrons. The summed E-state index contributed by atoms with van der Waals surface area (Å²) < 4.78 is 2.10. The maximum atomic E-state index is 12.6. The monoisotopic (exact) mass is 371 g/mol. The van der Waals surface area contributed by atoms with Gasteiger partial charge in [0.25, 0.3) is 0 Å². The highest BCUT2D eigenvalue weighted by Gasteiger charge is 2.35. The van der Waals surface area contributed by atoms with Gasteiger partial charge in [0.1, 0.15) is 0 Å². The molecule has 4 rings (SSSR count). The van der Waals surface area contributed by atoms with Crippen LogP contribution in [-0.2, 0) is 9.59 Å². The molecule has 2 amide bonds. The lowest BCUT2D eigenvalue weighted by Gasteiger charge is -2.33. The summed E-state index contributed by atoms with van der Waals surface area (Å²) >= 11 is 1.66. The molecule has 2 aliphatic rings. The predicted molar refractivity (Wildman–Crippen MR) is 102 cm³/mol. The van der Waals surface area contributed by atoms with Crippen LogP contribution in [0.3, 0.4) is 0 Å². The fraction of sp³-hybridized carbons (Fsp3) is 0.500. The average Bonchev–Trinajstić information content (AvgIpc) is 3.12. The minimum Gasteiger partial charge on any atom is -0.353 e. The fourth-order valence-corrected chi connectivity index (χ4v) is 4.42. The standard InChI is InChI=1S/C20H25N3O2S/c24-19(13-18(16-7-12-26-14-16)22-8-1-2-9-22)21-17-5-10-23(11-6-17)20(25)15-3-4-15/h1-2,7-9,12,14-15,17-18H,3-6,10-11,13H2,(H,21,24). The van der Waals surface area contributed by atoms with Crippen molar-refractivity contribution < 1.29 is 9.59 Å². The Morgan fingerprint density at radius 1 is 1.15 bits per heavy atom. The first-order valence-corrected chi connectivity index (χ1v) is 10.4. The highest BCUT2D eigenvalue weighted by molar-refractivity contribution is 7.08. The fourth-order valence-electron chi connectivity index (χ4n) is 3.71. The lowest BCUT2D eigenvalue weighted by Crippen LogP contribution is -2.47. The molecule has 5 nitrogen and oxygen atoms in total. The van der Waals surface area contributed by atoms with E-state index in [9.17, 15) is 9.59 Å². The number of hydrogen-bond acceptors (Lipinski definition) is 3. The van der Waals surface area contributed by atoms with Gasteiger partial charge in [0, 0.05) is 37.4 Å². The Hall–Kier alpha value is -2.08. The van der Waals surface area contributed by atoms with E-state index in [4.69, 9.17) is 0 Å². The molecule has 1 saturated carbocycles. The summed E-state index contributed by atoms with van der Waals surface area (Å²) in [4.78, 5) is 26.8. The number of thiophene rings is 1. The number of nitrogens with one attached hydrogen (secondary N) is 1. The Morgan fingerprint density at radius 2 is 1.88 bits per heavy atom. The lowest BCUT2D eigenvalue weighted by atomic mass is 10.0. The van der Waals surface area contributed by atoms with Crippen LogP contribution in [0.5, 0.6) is 0 Å². The Kier molecular flexibility index (Phi) is 5.11. The van der Waals surface area contributed by atoms with E-state index in [-0.39, 0.29) is 23.9 Å². The number of carbonyl (C=O) groups is 2. The van der Waals surface area contributed by atoms with Gasteiger partial charge < -0.3 is 14.8 Å². The Labute approximate surface area is 158 Å². The molecule has 2 fully saturated rings. The van der Waals surface area contributed by atoms with Crippen molar-refractivity contribution in [2.45, 2.75) is 44.2 Å². The minimum atomic E-state index is 0.0350. The molecule has 1 aliphatic carbocycles. The van der Waals surface area contributed by atoms with Gasteiger partial charge in [-0.1, -0.05) is 0 Å². The van der Waals surface area contributed by atoms with Crippen molar-refractivity contribution >= 4 is 23.2 Å². The number of hydrogen-bond donors (Lipinski definition) is 1. The SMILES string of the molecule is O=C(CC(c1ccsc1)n1cccc1)NC1CCN(C(=O)C2CC2)CC1. The van der Waals surface area contributed by atoms with Crippen LogP contribution in [0, 0.1) is 5.92 Å². The highest BCUT2D eigenvalue weighted by atomic mass is 32.1. The van der Waals surface area contributed by atoms with Crippen molar-refractivity contribution in [3.05, 3.63) is 46.9 Å². The first-order valence-electron chi connectivity index (χ1n) is 9.43. The second-order valence-corrected chi connectivity index (χ2v) is 8.13. The maximum Gasteiger partial charge on any atom is 0.225 e. The van der Waals surface area contributed by atoms with Crippen molar-refractivity contribution in [2.75, 3.05) is 13.1 Å². The largest absolute Gasteiger partial charge is 0.353 e. The summed E-state index contributed by atoms with van der Waals surface area (Å²) in [5.41, 5.74) is 1.17. The summed E-state index contributed by atoms with van der Waals surface area (Å²) in [5, 5.41) is 7.35. The molecule has 3 heterocycles. The van der Waals surface area contributed by atoms with E-state index in [1.54, 1.807) is 11.3 Å². The van der Waals surface area contributed by atoms with Gasteiger partial charge in [-0.2, -0.15) is 11.3 Å². The first-order chi connectivity index (χ1) is 12.7. The van der Waals surface area contributed by atoms with Crippen molar-refractivity contribution in [3.63, 3.8) is 0 Å². The Balaban J connectivity index is 1.31. The van der Waals surface area contributed by atoms with Crippen LogP contribution < -0.4 is 5.32 Å². The zero-order valence-corrected chi connectivity index (χ0v) is 15.7. The minimum absolute atomic E-state index is 0.0350. The van der Waals surface area contributed by atoms with E-state index < -0.39 is 0 Å². The molecule has 1 saturated heterocycles. The van der Waals surface area contributed by atoms with Crippen molar-refractivity contribution in [2.24, 2.45) is 5.92 Å². The molecule has 0 aromatic carbocycles. The molecule has 138 valence electrons. The summed E-state index contributed by atoms with van der Waals surface area (Å²) in [6.45, 7) is 1.54. The van der Waals surface area contributed by atoms with Crippen LogP contribution in [0.4, 0.5) is 0 Å². The van der Waals surface area contributed by atoms with E-state index in [1.807, 2.05) is 29.4 Å². The second kappa shape index (κ2) is 7.66. The first kappa shape index (κ1) is 17.3. The molecular formula is C20H25N3O2S. The molecule has 1 N–H and O–H groups in total. The third kappa shape index (κ3) is 4.01. The van der Waals surface area contributed by atoms with Gasteiger partial charge in [0.05, 0.1) is 12.5 Å². The van der Waals surface area contributed by atoms with Gasteiger partial charge in [-0.05, 0) is 60.2 Å². The van der Waals surface area contributed by atoms with Crippen LogP contribution in [0.15, 0.2) is 41.4 Å². The number of likely N-dealkylation sites (tertiary alicyclic amines) is 1. The Bertz CT molecular complexity index is 695. The number of aromatic nitrogens is 1. The van der Waals surface area contributed by atoms with Crippen LogP contribution in [0.2, 0.25) is 0 Å². The molecule has 6 heteroatoms. The predicted octanol–water partition coefficient (Wildman–Crippen LogP) is 3.05. The third-order valence-corrected chi connectivity index (χ3v) is 6.09. The molecule has 2 aromatic heterocycles. The smallest absolute Gasteiger partial charge is 0.225 e. The maximum absolute atomic E-state index is 12.6. The molecule has 0 bridgehead atoms. The molecule has 1 atom stereocenters. The van der Waals surface area contributed by atoms with E-state index >= 15 is 0 Å². The Morgan fingerprint density at radius 3 is 2.50 bits per heavy atom. The summed E-state index contributed by atoms with van der Waals surface area (Å²) in [7, 11) is 0. The number of carbonyl (C=O) groups excluding carboxylic acids is 2. The topological polar surface area (TPSA) is 54.3 Å². The van der Waals surface area contributed by atoms with Gasteiger partial charge in [0.2, 0.25) is 11.8 Å². The van der Waals surface area contributed by atoms with Crippen LogP contribution in [0.25, 0.3) is 0 Å². The molecular weight excluding hydrogens is 346 g/mol. The van der Waals surface area contributed by atoms with Crippen LogP contribution in [0.1, 0.15) is 43.7 Å². The van der Waals surface area contributed by atoms with Crippen molar-refractivity contribution in [3.8, 4) is 0 Å². The zero-order chi connectivity index (χ0) is 17.9. The van der Waals surface area contributed by atoms with Gasteiger partial charge in [-0.15, -0.1) is 0 Å². The van der Waals surface area contributed by atoms with Gasteiger partial charge in [-0.3, -0.25) is 9.59 Å². The number of rotatable bonds is 6. The van der Waals surface area contributed by atoms with Gasteiger partial charge >= 0.3 is 0 Å². The zero-order valence-electron chi connectivity index (χ0n) is 14.8. The highest BCUT2D eigenvalue weighted by Crippen LogP contribution is 2.32. The van der Waals surface area contributed by atoms with Gasteiger partial charge in [0.15, 0.2) is 0 Å².